The van der Waals surface area contributed by atoms with E-state index in [4.69, 9.17) is 0 Å². The Balaban J connectivity index is 1.65. The van der Waals surface area contributed by atoms with Crippen molar-refractivity contribution in [2.24, 2.45) is 0 Å². The Labute approximate surface area is 175 Å². The van der Waals surface area contributed by atoms with E-state index in [0.29, 0.717) is 16.6 Å². The maximum Gasteiger partial charge on any atom is 0.244 e. The van der Waals surface area contributed by atoms with Crippen molar-refractivity contribution in [2.45, 2.75) is 24.1 Å². The number of nitrogens with zero attached hydrogens (tertiary/aromatic N) is 2. The van der Waals surface area contributed by atoms with Gasteiger partial charge in [-0.15, -0.1) is 0 Å². The summed E-state index contributed by atoms with van der Waals surface area (Å²) in [5.41, 5.74) is 3.14. The molecule has 0 aliphatic heterocycles. The average Bonchev–Trinajstić information content (AvgIpc) is 3.10. The smallest absolute Gasteiger partial charge is 0.244 e. The second kappa shape index (κ2) is 8.12. The first-order chi connectivity index (χ1) is 14.4. The number of aryl methyl sites for hydroxylation is 1. The van der Waals surface area contributed by atoms with Crippen molar-refractivity contribution in [2.75, 3.05) is 5.32 Å². The Kier molecular flexibility index (Phi) is 5.37. The van der Waals surface area contributed by atoms with Crippen LogP contribution in [0.2, 0.25) is 0 Å². The maximum atomic E-state index is 13.2. The molecule has 0 bridgehead atoms. The van der Waals surface area contributed by atoms with Crippen molar-refractivity contribution in [1.82, 2.24) is 9.55 Å². The lowest BCUT2D eigenvalue weighted by molar-refractivity contribution is -0.116. The van der Waals surface area contributed by atoms with E-state index in [1.807, 2.05) is 43.3 Å². The van der Waals surface area contributed by atoms with Gasteiger partial charge in [0, 0.05) is 35.2 Å². The number of aromatic nitrogens is 2. The Morgan fingerprint density at radius 2 is 1.70 bits per heavy atom. The SMILES string of the molecule is Cc1ccc(CS(=O)(=O)c2cn(CC(=O)Nc3ccncc3)c3ccccc23)cc1. The summed E-state index contributed by atoms with van der Waals surface area (Å²) in [6.45, 7) is 1.96. The predicted molar refractivity (Wildman–Crippen MR) is 117 cm³/mol. The minimum Gasteiger partial charge on any atom is -0.337 e. The standard InChI is InChI=1S/C23H21N3O3S/c1-17-6-8-18(9-7-17)16-30(28,29)22-14-26(21-5-3-2-4-20(21)22)15-23(27)25-19-10-12-24-13-11-19/h2-14H,15-16H2,1H3,(H,24,25,27). The van der Waals surface area contributed by atoms with E-state index in [-0.39, 0.29) is 23.1 Å². The first-order valence-corrected chi connectivity index (χ1v) is 11.1. The highest BCUT2D eigenvalue weighted by atomic mass is 32.2. The summed E-state index contributed by atoms with van der Waals surface area (Å²) in [4.78, 5) is 16.7. The van der Waals surface area contributed by atoms with Crippen LogP contribution in [0.15, 0.2) is 84.1 Å². The van der Waals surface area contributed by atoms with Crippen molar-refractivity contribution >= 4 is 32.3 Å². The van der Waals surface area contributed by atoms with Gasteiger partial charge in [-0.05, 0) is 30.7 Å². The number of nitrogens with one attached hydrogen (secondary N) is 1. The predicted octanol–water partition coefficient (Wildman–Crippen LogP) is 3.96. The minimum atomic E-state index is -3.59. The van der Waals surface area contributed by atoms with Crippen molar-refractivity contribution in [1.29, 1.82) is 0 Å². The third-order valence-electron chi connectivity index (χ3n) is 4.84. The van der Waals surface area contributed by atoms with E-state index in [2.05, 4.69) is 10.3 Å². The second-order valence-electron chi connectivity index (χ2n) is 7.17. The number of carbonyl (C=O) groups is 1. The van der Waals surface area contributed by atoms with Gasteiger partial charge in [-0.1, -0.05) is 48.0 Å². The number of amides is 1. The quantitative estimate of drug-likeness (QED) is 0.513. The molecule has 152 valence electrons. The van der Waals surface area contributed by atoms with Gasteiger partial charge < -0.3 is 9.88 Å². The van der Waals surface area contributed by atoms with Crippen LogP contribution in [0.25, 0.3) is 10.9 Å². The number of carbonyl (C=O) groups excluding carboxylic acids is 1. The van der Waals surface area contributed by atoms with E-state index in [1.54, 1.807) is 47.4 Å². The molecule has 30 heavy (non-hydrogen) atoms. The first-order valence-electron chi connectivity index (χ1n) is 9.48. The molecule has 0 aliphatic carbocycles. The molecule has 4 rings (SSSR count). The van der Waals surface area contributed by atoms with E-state index >= 15 is 0 Å². The number of anilines is 1. The lowest BCUT2D eigenvalue weighted by Crippen LogP contribution is -2.18. The molecule has 0 saturated carbocycles. The van der Waals surface area contributed by atoms with Crippen molar-refractivity contribution in [3.63, 3.8) is 0 Å². The molecular weight excluding hydrogens is 398 g/mol. The van der Waals surface area contributed by atoms with Crippen LogP contribution in [-0.4, -0.2) is 23.9 Å². The fourth-order valence-corrected chi connectivity index (χ4v) is 4.95. The lowest BCUT2D eigenvalue weighted by atomic mass is 10.2. The molecule has 0 fully saturated rings. The van der Waals surface area contributed by atoms with Gasteiger partial charge in [-0.25, -0.2) is 8.42 Å². The largest absolute Gasteiger partial charge is 0.337 e. The van der Waals surface area contributed by atoms with E-state index < -0.39 is 9.84 Å². The number of hydrogen-bond donors (Lipinski definition) is 1. The molecule has 0 aliphatic rings. The molecule has 1 amide bonds. The van der Waals surface area contributed by atoms with Gasteiger partial charge in [0.15, 0.2) is 9.84 Å². The number of hydrogen-bond acceptors (Lipinski definition) is 4. The molecule has 0 unspecified atom stereocenters. The normalized spacial score (nSPS) is 11.5. The molecule has 1 N–H and O–H groups in total. The Morgan fingerprint density at radius 1 is 1.00 bits per heavy atom. The molecule has 2 aromatic carbocycles. The third-order valence-corrected chi connectivity index (χ3v) is 6.55. The van der Waals surface area contributed by atoms with Gasteiger partial charge in [0.1, 0.15) is 6.54 Å². The van der Waals surface area contributed by atoms with E-state index in [1.165, 1.54) is 0 Å². The number of para-hydroxylation sites is 1. The van der Waals surface area contributed by atoms with Gasteiger partial charge >= 0.3 is 0 Å². The van der Waals surface area contributed by atoms with Gasteiger partial charge in [-0.2, -0.15) is 0 Å². The van der Waals surface area contributed by atoms with Gasteiger partial charge in [0.2, 0.25) is 5.91 Å². The van der Waals surface area contributed by atoms with Crippen LogP contribution in [-0.2, 0) is 26.9 Å². The Morgan fingerprint density at radius 3 is 2.43 bits per heavy atom. The van der Waals surface area contributed by atoms with Gasteiger partial charge in [-0.3, -0.25) is 9.78 Å². The van der Waals surface area contributed by atoms with Crippen molar-refractivity contribution in [3.05, 3.63) is 90.4 Å². The summed E-state index contributed by atoms with van der Waals surface area (Å²) in [7, 11) is -3.59. The van der Waals surface area contributed by atoms with Crippen molar-refractivity contribution < 1.29 is 13.2 Å². The summed E-state index contributed by atoms with van der Waals surface area (Å²) in [6.07, 6.45) is 4.74. The fourth-order valence-electron chi connectivity index (χ4n) is 3.36. The molecular formula is C23H21N3O3S. The number of fused-ring (bicyclic) bond motifs is 1. The highest BCUT2D eigenvalue weighted by molar-refractivity contribution is 7.90. The first kappa shape index (κ1) is 19.8. The Hall–Kier alpha value is -3.45. The molecule has 6 nitrogen and oxygen atoms in total. The molecule has 0 saturated heterocycles. The van der Waals surface area contributed by atoms with Crippen molar-refractivity contribution in [3.8, 4) is 0 Å². The van der Waals surface area contributed by atoms with Crippen LogP contribution in [0.4, 0.5) is 5.69 Å². The number of rotatable bonds is 6. The monoisotopic (exact) mass is 419 g/mol. The zero-order chi connectivity index (χ0) is 21.1. The number of sulfone groups is 1. The van der Waals surface area contributed by atoms with Crippen LogP contribution >= 0.6 is 0 Å². The average molecular weight is 420 g/mol. The zero-order valence-corrected chi connectivity index (χ0v) is 17.3. The topological polar surface area (TPSA) is 81.1 Å². The molecule has 0 spiro atoms. The van der Waals surface area contributed by atoms with Gasteiger partial charge in [0.25, 0.3) is 0 Å². The molecule has 4 aromatic rings. The highest BCUT2D eigenvalue weighted by Crippen LogP contribution is 2.28. The summed E-state index contributed by atoms with van der Waals surface area (Å²) >= 11 is 0. The lowest BCUT2D eigenvalue weighted by Gasteiger charge is -2.07. The summed E-state index contributed by atoms with van der Waals surface area (Å²) in [5.74, 6) is -0.339. The highest BCUT2D eigenvalue weighted by Gasteiger charge is 2.22. The zero-order valence-electron chi connectivity index (χ0n) is 16.4. The molecule has 2 aromatic heterocycles. The van der Waals surface area contributed by atoms with Gasteiger partial charge in [0.05, 0.1) is 10.6 Å². The Bertz CT molecular complexity index is 1290. The fraction of sp³-hybridized carbons (Fsp3) is 0.130. The maximum absolute atomic E-state index is 13.2. The van der Waals surface area contributed by atoms with Crippen LogP contribution in [0.1, 0.15) is 11.1 Å². The summed E-state index contributed by atoms with van der Waals surface area (Å²) in [5, 5.41) is 3.41. The van der Waals surface area contributed by atoms with Crippen LogP contribution in [0.3, 0.4) is 0 Å². The molecule has 7 heteroatoms. The minimum absolute atomic E-state index is 0.00286. The summed E-state index contributed by atoms with van der Waals surface area (Å²) < 4.78 is 28.0. The molecule has 0 radical (unpaired) electrons. The van der Waals surface area contributed by atoms with Crippen LogP contribution < -0.4 is 5.32 Å². The van der Waals surface area contributed by atoms with E-state index in [0.717, 1.165) is 11.1 Å². The van der Waals surface area contributed by atoms with Crippen LogP contribution in [0.5, 0.6) is 0 Å². The molecule has 0 atom stereocenters. The number of pyridine rings is 1. The third kappa shape index (κ3) is 4.26. The second-order valence-corrected chi connectivity index (χ2v) is 9.13. The van der Waals surface area contributed by atoms with E-state index in [9.17, 15) is 13.2 Å². The van der Waals surface area contributed by atoms with Crippen LogP contribution in [0, 0.1) is 6.92 Å². The summed E-state index contributed by atoms with van der Waals surface area (Å²) in [6, 6.07) is 18.1. The molecule has 2 heterocycles. The number of benzene rings is 2.